The number of para-hydroxylation sites is 1. The van der Waals surface area contributed by atoms with Crippen molar-refractivity contribution in [3.05, 3.63) is 70.5 Å². The van der Waals surface area contributed by atoms with Crippen molar-refractivity contribution in [2.24, 2.45) is 0 Å². The maximum absolute atomic E-state index is 13.1. The average molecular weight is 426 g/mol. The summed E-state index contributed by atoms with van der Waals surface area (Å²) >= 11 is 1.31. The molecule has 0 unspecified atom stereocenters. The molecule has 2 aromatic carbocycles. The molecule has 6 nitrogen and oxygen atoms in total. The zero-order valence-corrected chi connectivity index (χ0v) is 18.2. The van der Waals surface area contributed by atoms with Gasteiger partial charge in [0.05, 0.1) is 22.8 Å². The number of hydrogen-bond acceptors (Lipinski definition) is 5. The number of nitrogens with zero attached hydrogens (tertiary/aromatic N) is 2. The van der Waals surface area contributed by atoms with Gasteiger partial charge in [-0.05, 0) is 37.5 Å². The molecule has 0 fully saturated rings. The zero-order valence-electron chi connectivity index (χ0n) is 17.3. The molecule has 1 N–H and O–H groups in total. The summed E-state index contributed by atoms with van der Waals surface area (Å²) in [5.41, 5.74) is 1.82. The van der Waals surface area contributed by atoms with Gasteiger partial charge in [-0.15, -0.1) is 0 Å². The van der Waals surface area contributed by atoms with E-state index in [2.05, 4.69) is 17.4 Å². The van der Waals surface area contributed by atoms with E-state index < -0.39 is 0 Å². The highest BCUT2D eigenvalue weighted by Gasteiger charge is 2.19. The quantitative estimate of drug-likeness (QED) is 0.307. The molecular weight excluding hydrogens is 398 g/mol. The van der Waals surface area contributed by atoms with E-state index >= 15 is 0 Å². The monoisotopic (exact) mass is 425 g/mol. The van der Waals surface area contributed by atoms with Crippen molar-refractivity contribution in [2.75, 3.05) is 20.3 Å². The van der Waals surface area contributed by atoms with Crippen LogP contribution in [-0.2, 0) is 22.5 Å². The normalized spacial score (nSPS) is 12.1. The molecular formula is C23H27N3O3S. The Hall–Kier alpha value is -2.64. The molecule has 158 valence electrons. The van der Waals surface area contributed by atoms with Gasteiger partial charge in [0.2, 0.25) is 5.91 Å². The summed E-state index contributed by atoms with van der Waals surface area (Å²) in [6.07, 6.45) is 1.68. The molecule has 0 saturated heterocycles. The Kier molecular flexibility index (Phi) is 8.04. The van der Waals surface area contributed by atoms with Crippen molar-refractivity contribution in [3.8, 4) is 0 Å². The summed E-state index contributed by atoms with van der Waals surface area (Å²) in [7, 11) is 1.59. The number of ether oxygens (including phenoxy) is 1. The van der Waals surface area contributed by atoms with E-state index in [0.29, 0.717) is 35.8 Å². The number of carbonyl (C=O) groups excluding carboxylic acids is 1. The van der Waals surface area contributed by atoms with Gasteiger partial charge in [0.1, 0.15) is 0 Å². The number of benzene rings is 2. The van der Waals surface area contributed by atoms with Crippen molar-refractivity contribution in [3.63, 3.8) is 0 Å². The van der Waals surface area contributed by atoms with Gasteiger partial charge < -0.3 is 10.1 Å². The number of rotatable bonds is 10. The second kappa shape index (κ2) is 10.9. The summed E-state index contributed by atoms with van der Waals surface area (Å²) in [5.74, 6) is -0.102. The average Bonchev–Trinajstić information content (AvgIpc) is 2.76. The van der Waals surface area contributed by atoms with E-state index in [0.717, 1.165) is 12.8 Å². The molecule has 3 rings (SSSR count). The van der Waals surface area contributed by atoms with Crippen molar-refractivity contribution in [1.82, 2.24) is 14.9 Å². The number of thioether (sulfide) groups is 1. The minimum Gasteiger partial charge on any atom is -0.383 e. The third-order valence-electron chi connectivity index (χ3n) is 4.77. The van der Waals surface area contributed by atoms with E-state index in [1.165, 1.54) is 17.3 Å². The molecule has 7 heteroatoms. The molecule has 3 aromatic rings. The first-order valence-corrected chi connectivity index (χ1v) is 10.9. The second-order valence-corrected chi connectivity index (χ2v) is 8.31. The first-order valence-electron chi connectivity index (χ1n) is 10.1. The van der Waals surface area contributed by atoms with Crippen LogP contribution in [0.4, 0.5) is 0 Å². The molecule has 1 heterocycles. The third-order valence-corrected chi connectivity index (χ3v) is 5.86. The number of amides is 1. The van der Waals surface area contributed by atoms with Gasteiger partial charge in [-0.2, -0.15) is 0 Å². The molecule has 0 radical (unpaired) electrons. The van der Waals surface area contributed by atoms with Crippen molar-refractivity contribution >= 4 is 28.6 Å². The SMILES string of the molecule is COCCNC(=O)[C@@H](C)Sc1nc2ccccc2c(=O)n1CCCc1ccccc1. The smallest absolute Gasteiger partial charge is 0.262 e. The topological polar surface area (TPSA) is 73.2 Å². The Morgan fingerprint density at radius 2 is 1.90 bits per heavy atom. The zero-order chi connectivity index (χ0) is 21.3. The van der Waals surface area contributed by atoms with Gasteiger partial charge in [-0.25, -0.2) is 4.98 Å². The van der Waals surface area contributed by atoms with Crippen LogP contribution in [-0.4, -0.2) is 41.0 Å². The minimum absolute atomic E-state index is 0.0665. The van der Waals surface area contributed by atoms with Crippen LogP contribution in [0.5, 0.6) is 0 Å². The van der Waals surface area contributed by atoms with Crippen molar-refractivity contribution < 1.29 is 9.53 Å². The molecule has 0 bridgehead atoms. The number of hydrogen-bond donors (Lipinski definition) is 1. The fourth-order valence-corrected chi connectivity index (χ4v) is 4.11. The van der Waals surface area contributed by atoms with Crippen LogP contribution in [0.15, 0.2) is 64.5 Å². The Morgan fingerprint density at radius 3 is 2.67 bits per heavy atom. The fraction of sp³-hybridized carbons (Fsp3) is 0.348. The highest BCUT2D eigenvalue weighted by Crippen LogP contribution is 2.23. The molecule has 30 heavy (non-hydrogen) atoms. The van der Waals surface area contributed by atoms with E-state index in [4.69, 9.17) is 9.72 Å². The molecule has 1 atom stereocenters. The summed E-state index contributed by atoms with van der Waals surface area (Å²) in [6, 6.07) is 17.5. The molecule has 1 aromatic heterocycles. The largest absolute Gasteiger partial charge is 0.383 e. The standard InChI is InChI=1S/C23H27N3O3S/c1-17(21(27)24-14-16-29-2)30-23-25-20-13-7-6-12-19(20)22(28)26(23)15-8-11-18-9-4-3-5-10-18/h3-7,9-10,12-13,17H,8,11,14-16H2,1-2H3,(H,24,27)/t17-/m1/s1. The van der Waals surface area contributed by atoms with Crippen LogP contribution in [0.2, 0.25) is 0 Å². The van der Waals surface area contributed by atoms with Gasteiger partial charge in [0.25, 0.3) is 5.56 Å². The number of carbonyl (C=O) groups is 1. The Balaban J connectivity index is 1.81. The van der Waals surface area contributed by atoms with E-state index in [1.807, 2.05) is 43.3 Å². The lowest BCUT2D eigenvalue weighted by atomic mass is 10.1. The van der Waals surface area contributed by atoms with Crippen LogP contribution in [0.3, 0.4) is 0 Å². The number of nitrogens with one attached hydrogen (secondary N) is 1. The lowest BCUT2D eigenvalue weighted by Gasteiger charge is -2.16. The fourth-order valence-electron chi connectivity index (χ4n) is 3.15. The van der Waals surface area contributed by atoms with Crippen LogP contribution in [0, 0.1) is 0 Å². The number of aromatic nitrogens is 2. The maximum Gasteiger partial charge on any atom is 0.262 e. The van der Waals surface area contributed by atoms with Crippen LogP contribution in [0.25, 0.3) is 10.9 Å². The number of methoxy groups -OCH3 is 1. The minimum atomic E-state index is -0.379. The first kappa shape index (κ1) is 22.1. The van der Waals surface area contributed by atoms with Gasteiger partial charge in [-0.1, -0.05) is 54.2 Å². The van der Waals surface area contributed by atoms with Crippen LogP contribution in [0.1, 0.15) is 18.9 Å². The van der Waals surface area contributed by atoms with Gasteiger partial charge >= 0.3 is 0 Å². The third kappa shape index (κ3) is 5.70. The Labute approximate surface area is 180 Å². The second-order valence-electron chi connectivity index (χ2n) is 7.00. The summed E-state index contributed by atoms with van der Waals surface area (Å²) in [5, 5.41) is 3.63. The summed E-state index contributed by atoms with van der Waals surface area (Å²) in [6.45, 7) is 3.28. The number of aryl methyl sites for hydroxylation is 1. The predicted molar refractivity (Wildman–Crippen MR) is 121 cm³/mol. The van der Waals surface area contributed by atoms with Crippen molar-refractivity contribution in [2.45, 2.75) is 36.7 Å². The molecule has 0 aliphatic rings. The maximum atomic E-state index is 13.1. The van der Waals surface area contributed by atoms with Crippen LogP contribution >= 0.6 is 11.8 Å². The Morgan fingerprint density at radius 1 is 1.17 bits per heavy atom. The first-order chi connectivity index (χ1) is 14.6. The molecule has 0 spiro atoms. The predicted octanol–water partition coefficient (Wildman–Crippen LogP) is 3.27. The molecule has 0 saturated carbocycles. The van der Waals surface area contributed by atoms with Gasteiger partial charge in [-0.3, -0.25) is 14.2 Å². The molecule has 0 aliphatic heterocycles. The summed E-state index contributed by atoms with van der Waals surface area (Å²) in [4.78, 5) is 30.2. The molecule has 1 amide bonds. The number of fused-ring (bicyclic) bond motifs is 1. The van der Waals surface area contributed by atoms with E-state index in [-0.39, 0.29) is 16.7 Å². The molecule has 0 aliphatic carbocycles. The van der Waals surface area contributed by atoms with E-state index in [1.54, 1.807) is 17.7 Å². The lowest BCUT2D eigenvalue weighted by molar-refractivity contribution is -0.120. The van der Waals surface area contributed by atoms with Crippen molar-refractivity contribution in [1.29, 1.82) is 0 Å². The van der Waals surface area contributed by atoms with Gasteiger partial charge in [0.15, 0.2) is 5.16 Å². The Bertz CT molecular complexity index is 1040. The highest BCUT2D eigenvalue weighted by atomic mass is 32.2. The van der Waals surface area contributed by atoms with E-state index in [9.17, 15) is 9.59 Å². The van der Waals surface area contributed by atoms with Gasteiger partial charge in [0, 0.05) is 20.2 Å². The van der Waals surface area contributed by atoms with Crippen LogP contribution < -0.4 is 10.9 Å². The lowest BCUT2D eigenvalue weighted by Crippen LogP contribution is -2.34. The summed E-state index contributed by atoms with van der Waals surface area (Å²) < 4.78 is 6.68. The highest BCUT2D eigenvalue weighted by molar-refractivity contribution is 8.00.